The molecule has 3 aliphatic rings. The summed E-state index contributed by atoms with van der Waals surface area (Å²) in [7, 11) is 0. The van der Waals surface area contributed by atoms with Gasteiger partial charge in [-0.2, -0.15) is 0 Å². The smallest absolute Gasteiger partial charge is 0.294 e. The first-order chi connectivity index (χ1) is 18.0. The SMILES string of the molecule is Cc1ccc(Cn2c(=O)c(N3CCC(C(=O)N4CCC5(CC4)OCCO5)CC3)nc3ccccc32)cc1. The lowest BCUT2D eigenvalue weighted by Gasteiger charge is -2.40. The average Bonchev–Trinajstić information content (AvgIpc) is 3.39. The van der Waals surface area contributed by atoms with Crippen LogP contribution in [0, 0.1) is 12.8 Å². The Morgan fingerprint density at radius 2 is 1.65 bits per heavy atom. The van der Waals surface area contributed by atoms with Crippen LogP contribution in [-0.2, 0) is 20.8 Å². The van der Waals surface area contributed by atoms with Crippen molar-refractivity contribution in [3.05, 3.63) is 70.0 Å². The van der Waals surface area contributed by atoms with Gasteiger partial charge >= 0.3 is 0 Å². The second kappa shape index (κ2) is 9.91. The third-order valence-electron chi connectivity index (χ3n) is 8.09. The van der Waals surface area contributed by atoms with Crippen molar-refractivity contribution in [1.82, 2.24) is 14.5 Å². The standard InChI is InChI=1S/C29H34N4O4/c1-21-6-8-22(9-7-21)20-33-25-5-3-2-4-24(25)30-26(28(33)35)31-14-10-23(11-15-31)27(34)32-16-12-29(13-17-32)36-18-19-37-29/h2-9,23H,10-20H2,1H3. The zero-order chi connectivity index (χ0) is 25.4. The number of anilines is 1. The molecule has 194 valence electrons. The minimum Gasteiger partial charge on any atom is -0.352 e. The van der Waals surface area contributed by atoms with Gasteiger partial charge in [0.1, 0.15) is 0 Å². The fourth-order valence-electron chi connectivity index (χ4n) is 5.87. The lowest BCUT2D eigenvalue weighted by Crippen LogP contribution is -2.50. The third kappa shape index (κ3) is 4.76. The molecule has 3 aliphatic heterocycles. The molecule has 0 saturated carbocycles. The Labute approximate surface area is 216 Å². The second-order valence-electron chi connectivity index (χ2n) is 10.5. The van der Waals surface area contributed by atoms with E-state index in [-0.39, 0.29) is 17.4 Å². The summed E-state index contributed by atoms with van der Waals surface area (Å²) in [4.78, 5) is 35.8. The lowest BCUT2D eigenvalue weighted by molar-refractivity contribution is -0.188. The Morgan fingerprint density at radius 1 is 0.973 bits per heavy atom. The van der Waals surface area contributed by atoms with Crippen LogP contribution in [0.5, 0.6) is 0 Å². The van der Waals surface area contributed by atoms with Gasteiger partial charge in [-0.25, -0.2) is 4.98 Å². The summed E-state index contributed by atoms with van der Waals surface area (Å²) < 4.78 is 13.4. The van der Waals surface area contributed by atoms with Crippen LogP contribution in [0.25, 0.3) is 11.0 Å². The number of hydrogen-bond acceptors (Lipinski definition) is 6. The number of hydrogen-bond donors (Lipinski definition) is 0. The molecule has 1 aromatic heterocycles. The predicted octanol–water partition coefficient (Wildman–Crippen LogP) is 3.34. The quantitative estimate of drug-likeness (QED) is 0.545. The molecule has 0 radical (unpaired) electrons. The highest BCUT2D eigenvalue weighted by molar-refractivity contribution is 5.79. The number of likely N-dealkylation sites (tertiary alicyclic amines) is 1. The van der Waals surface area contributed by atoms with Crippen molar-refractivity contribution < 1.29 is 14.3 Å². The van der Waals surface area contributed by atoms with Crippen molar-refractivity contribution >= 4 is 22.8 Å². The van der Waals surface area contributed by atoms with Crippen LogP contribution >= 0.6 is 0 Å². The molecule has 1 amide bonds. The van der Waals surface area contributed by atoms with Crippen molar-refractivity contribution in [1.29, 1.82) is 0 Å². The fourth-order valence-corrected chi connectivity index (χ4v) is 5.87. The number of aryl methyl sites for hydroxylation is 1. The fraction of sp³-hybridized carbons (Fsp3) is 0.483. The molecule has 1 spiro atoms. The molecule has 4 heterocycles. The summed E-state index contributed by atoms with van der Waals surface area (Å²) >= 11 is 0. The van der Waals surface area contributed by atoms with Crippen molar-refractivity contribution in [3.8, 4) is 0 Å². The molecule has 6 rings (SSSR count). The molecule has 8 heteroatoms. The van der Waals surface area contributed by atoms with Gasteiger partial charge in [-0.1, -0.05) is 42.0 Å². The molecule has 3 saturated heterocycles. The number of aromatic nitrogens is 2. The van der Waals surface area contributed by atoms with Gasteiger partial charge in [-0.15, -0.1) is 0 Å². The van der Waals surface area contributed by atoms with Crippen LogP contribution in [0.4, 0.5) is 5.82 Å². The van der Waals surface area contributed by atoms with Crippen molar-refractivity contribution in [2.24, 2.45) is 5.92 Å². The lowest BCUT2D eigenvalue weighted by atomic mass is 9.93. The van der Waals surface area contributed by atoms with Gasteiger partial charge in [-0.3, -0.25) is 14.2 Å². The second-order valence-corrected chi connectivity index (χ2v) is 10.5. The van der Waals surface area contributed by atoms with Crippen LogP contribution < -0.4 is 10.5 Å². The summed E-state index contributed by atoms with van der Waals surface area (Å²) in [5.74, 6) is 0.203. The minimum atomic E-state index is -0.472. The first-order valence-corrected chi connectivity index (χ1v) is 13.4. The van der Waals surface area contributed by atoms with Gasteiger partial charge in [0, 0.05) is 44.9 Å². The first-order valence-electron chi connectivity index (χ1n) is 13.4. The highest BCUT2D eigenvalue weighted by Crippen LogP contribution is 2.33. The molecule has 2 aromatic carbocycles. The van der Waals surface area contributed by atoms with E-state index in [4.69, 9.17) is 14.5 Å². The van der Waals surface area contributed by atoms with E-state index in [1.165, 1.54) is 5.56 Å². The summed E-state index contributed by atoms with van der Waals surface area (Å²) in [5, 5.41) is 0. The zero-order valence-corrected chi connectivity index (χ0v) is 21.4. The van der Waals surface area contributed by atoms with E-state index in [1.54, 1.807) is 0 Å². The predicted molar refractivity (Wildman–Crippen MR) is 142 cm³/mol. The van der Waals surface area contributed by atoms with Crippen LogP contribution in [0.2, 0.25) is 0 Å². The normalized spacial score (nSPS) is 20.1. The molecule has 3 aromatic rings. The van der Waals surface area contributed by atoms with E-state index in [0.29, 0.717) is 51.8 Å². The summed E-state index contributed by atoms with van der Waals surface area (Å²) in [6, 6.07) is 16.1. The maximum absolute atomic E-state index is 13.7. The average molecular weight is 503 g/mol. The largest absolute Gasteiger partial charge is 0.352 e. The topological polar surface area (TPSA) is 76.9 Å². The zero-order valence-electron chi connectivity index (χ0n) is 21.4. The number of benzene rings is 2. The number of carbonyl (C=O) groups excluding carboxylic acids is 1. The van der Waals surface area contributed by atoms with Gasteiger partial charge in [-0.05, 0) is 37.5 Å². The van der Waals surface area contributed by atoms with E-state index >= 15 is 0 Å². The molecule has 3 fully saturated rings. The molecule has 0 N–H and O–H groups in total. The van der Waals surface area contributed by atoms with Crippen LogP contribution in [0.1, 0.15) is 36.8 Å². The Kier molecular flexibility index (Phi) is 6.46. The molecular weight excluding hydrogens is 468 g/mol. The molecule has 0 aliphatic carbocycles. The third-order valence-corrected chi connectivity index (χ3v) is 8.09. The minimum absolute atomic E-state index is 0.0223. The molecule has 0 unspecified atom stereocenters. The molecule has 37 heavy (non-hydrogen) atoms. The first kappa shape index (κ1) is 24.1. The van der Waals surface area contributed by atoms with Gasteiger partial charge in [0.25, 0.3) is 5.56 Å². The van der Waals surface area contributed by atoms with E-state index < -0.39 is 5.79 Å². The highest BCUT2D eigenvalue weighted by Gasteiger charge is 2.42. The molecular formula is C29H34N4O4. The Hall–Kier alpha value is -3.23. The number of nitrogens with zero attached hydrogens (tertiary/aromatic N) is 4. The summed E-state index contributed by atoms with van der Waals surface area (Å²) in [6.07, 6.45) is 2.91. The van der Waals surface area contributed by atoms with E-state index in [1.807, 2.05) is 33.7 Å². The number of carbonyl (C=O) groups is 1. The number of piperidine rings is 2. The Bertz CT molecular complexity index is 1330. The van der Waals surface area contributed by atoms with Gasteiger partial charge in [0.15, 0.2) is 11.6 Å². The molecule has 0 atom stereocenters. The van der Waals surface area contributed by atoms with E-state index in [9.17, 15) is 9.59 Å². The number of para-hydroxylation sites is 2. The van der Waals surface area contributed by atoms with Crippen molar-refractivity contribution in [2.75, 3.05) is 44.3 Å². The number of rotatable bonds is 4. The monoisotopic (exact) mass is 502 g/mol. The maximum atomic E-state index is 13.7. The van der Waals surface area contributed by atoms with Crippen LogP contribution in [0.3, 0.4) is 0 Å². The molecule has 8 nitrogen and oxygen atoms in total. The Morgan fingerprint density at radius 3 is 2.35 bits per heavy atom. The highest BCUT2D eigenvalue weighted by atomic mass is 16.7. The summed E-state index contributed by atoms with van der Waals surface area (Å²) in [5.41, 5.74) is 3.83. The van der Waals surface area contributed by atoms with Crippen LogP contribution in [0.15, 0.2) is 53.3 Å². The van der Waals surface area contributed by atoms with Crippen LogP contribution in [-0.4, -0.2) is 65.5 Å². The molecule has 0 bridgehead atoms. The maximum Gasteiger partial charge on any atom is 0.294 e. The van der Waals surface area contributed by atoms with Crippen molar-refractivity contribution in [2.45, 2.75) is 44.9 Å². The number of amides is 1. The van der Waals surface area contributed by atoms with Gasteiger partial charge in [0.05, 0.1) is 30.8 Å². The summed E-state index contributed by atoms with van der Waals surface area (Å²) in [6.45, 7) is 6.48. The van der Waals surface area contributed by atoms with E-state index in [2.05, 4.69) is 36.1 Å². The number of fused-ring (bicyclic) bond motifs is 1. The number of ether oxygens (including phenoxy) is 2. The van der Waals surface area contributed by atoms with Gasteiger partial charge < -0.3 is 19.3 Å². The van der Waals surface area contributed by atoms with Crippen molar-refractivity contribution in [3.63, 3.8) is 0 Å². The Balaban J connectivity index is 1.17. The van der Waals surface area contributed by atoms with E-state index in [0.717, 1.165) is 42.3 Å². The van der Waals surface area contributed by atoms with Gasteiger partial charge in [0.2, 0.25) is 5.91 Å².